The molecule has 34 heavy (non-hydrogen) atoms. The number of rotatable bonds is 8. The van der Waals surface area contributed by atoms with Crippen molar-refractivity contribution >= 4 is 45.9 Å². The molecule has 0 aliphatic carbocycles. The van der Waals surface area contributed by atoms with Crippen LogP contribution in [0.15, 0.2) is 121 Å². The van der Waals surface area contributed by atoms with E-state index in [2.05, 4.69) is 0 Å². The van der Waals surface area contributed by atoms with E-state index in [0.29, 0.717) is 10.6 Å². The first-order valence-electron chi connectivity index (χ1n) is 10.6. The first-order chi connectivity index (χ1) is 16.1. The van der Waals surface area contributed by atoms with E-state index in [1.54, 1.807) is 6.66 Å². The van der Waals surface area contributed by atoms with Gasteiger partial charge in [0.2, 0.25) is 0 Å². The summed E-state index contributed by atoms with van der Waals surface area (Å²) in [7, 11) is -4.76. The Morgan fingerprint density at radius 1 is 0.647 bits per heavy atom. The molecule has 0 fully saturated rings. The summed E-state index contributed by atoms with van der Waals surface area (Å²) >= 11 is 6.51. The normalized spacial score (nSPS) is 13.7. The Hall–Kier alpha value is -1.91. The van der Waals surface area contributed by atoms with E-state index in [0.717, 1.165) is 10.6 Å². The zero-order chi connectivity index (χ0) is 24.3. The first kappa shape index (κ1) is 25.2. The second kappa shape index (κ2) is 9.62. The Morgan fingerprint density at radius 3 is 1.29 bits per heavy atom. The molecular weight excluding hydrogens is 506 g/mol. The maximum absolute atomic E-state index is 12.4. The Kier molecular flexibility index (Phi) is 7.13. The molecular formula is C26H25ClO4P2S. The zero-order valence-corrected chi connectivity index (χ0v) is 21.9. The minimum atomic E-state index is -4.76. The van der Waals surface area contributed by atoms with Crippen LogP contribution in [0, 0.1) is 10.2 Å². The molecule has 8 heteroatoms. The second-order valence-electron chi connectivity index (χ2n) is 8.36. The molecule has 0 bridgehead atoms. The summed E-state index contributed by atoms with van der Waals surface area (Å²) in [5, 5.41) is 3.19. The summed E-state index contributed by atoms with van der Waals surface area (Å²) in [6.07, 6.45) is 0. The van der Waals surface area contributed by atoms with E-state index in [9.17, 15) is 14.0 Å². The quantitative estimate of drug-likeness (QED) is 0.324. The molecule has 4 aromatic rings. The van der Waals surface area contributed by atoms with Crippen molar-refractivity contribution in [3.05, 3.63) is 121 Å². The summed E-state index contributed by atoms with van der Waals surface area (Å²) in [5.41, 5.74) is 0. The van der Waals surface area contributed by atoms with Crippen molar-refractivity contribution in [1.82, 2.24) is 0 Å². The van der Waals surface area contributed by atoms with E-state index in [1.165, 1.54) is 0 Å². The molecule has 0 atom stereocenters. The molecule has 4 aromatic carbocycles. The van der Waals surface area contributed by atoms with Crippen LogP contribution in [0.25, 0.3) is 0 Å². The second-order valence-corrected chi connectivity index (χ2v) is 19.6. The molecule has 0 spiro atoms. The number of halogens is 1. The monoisotopic (exact) mass is 530 g/mol. The van der Waals surface area contributed by atoms with Crippen molar-refractivity contribution in [2.75, 3.05) is 12.6 Å². The fraction of sp³-hybridized carbons (Fsp3) is 0.0769. The standard InChI is InChI=1S/C26H25ClO4P2S/c1-33(31-27(28,29)30,25-18-10-4-11-19-25,26-20-12-5-13-21-26)22-32(34,23-14-6-2-7-15-23)24-16-8-3-9-17-24/h2-21H,22H2,1H3. The molecule has 0 aliphatic heterocycles. The molecule has 0 N–H and O–H groups in total. The van der Waals surface area contributed by atoms with Crippen molar-refractivity contribution < 1.29 is 28.3 Å². The van der Waals surface area contributed by atoms with Gasteiger partial charge in [-0.15, -0.1) is 0 Å². The van der Waals surface area contributed by atoms with Gasteiger partial charge in [0.15, 0.2) is 0 Å². The fourth-order valence-corrected chi connectivity index (χ4v) is 20.9. The van der Waals surface area contributed by atoms with Gasteiger partial charge >= 0.3 is 208 Å². The SMILES string of the molecule is CP(CP(=S)(c1ccccc1)c1ccccc1)(O[Cl+3]([O-])([O-])[O-])(c1ccccc1)c1ccccc1. The van der Waals surface area contributed by atoms with Crippen LogP contribution in [0.3, 0.4) is 0 Å². The Labute approximate surface area is 207 Å². The van der Waals surface area contributed by atoms with E-state index < -0.39 is 23.1 Å². The third kappa shape index (κ3) is 4.90. The van der Waals surface area contributed by atoms with Gasteiger partial charge in [0.25, 0.3) is 0 Å². The van der Waals surface area contributed by atoms with Crippen molar-refractivity contribution in [2.45, 2.75) is 0 Å². The third-order valence-electron chi connectivity index (χ3n) is 6.02. The van der Waals surface area contributed by atoms with Gasteiger partial charge in [-0.3, -0.25) is 0 Å². The molecule has 0 aromatic heterocycles. The first-order valence-corrected chi connectivity index (χ1v) is 17.6. The fourth-order valence-electron chi connectivity index (χ4n) is 4.41. The van der Waals surface area contributed by atoms with Gasteiger partial charge in [0, 0.05) is 0 Å². The van der Waals surface area contributed by atoms with Gasteiger partial charge in [-0.2, -0.15) is 0 Å². The van der Waals surface area contributed by atoms with Crippen LogP contribution in [0.2, 0.25) is 0 Å². The molecule has 0 heterocycles. The average molecular weight is 531 g/mol. The van der Waals surface area contributed by atoms with Gasteiger partial charge in [0.1, 0.15) is 0 Å². The summed E-state index contributed by atoms with van der Waals surface area (Å²) in [5.74, 6) is 0.199. The summed E-state index contributed by atoms with van der Waals surface area (Å²) in [4.78, 5) is 0. The maximum atomic E-state index is 12.4. The predicted octanol–water partition coefficient (Wildman–Crippen LogP) is 1.74. The van der Waals surface area contributed by atoms with E-state index in [1.807, 2.05) is 121 Å². The number of benzene rings is 4. The van der Waals surface area contributed by atoms with Gasteiger partial charge in [-0.1, -0.05) is 0 Å². The predicted molar refractivity (Wildman–Crippen MR) is 137 cm³/mol. The Morgan fingerprint density at radius 2 is 0.971 bits per heavy atom. The topological polar surface area (TPSA) is 78.4 Å². The van der Waals surface area contributed by atoms with Crippen LogP contribution in [0.1, 0.15) is 0 Å². The molecule has 4 nitrogen and oxygen atoms in total. The van der Waals surface area contributed by atoms with Gasteiger partial charge in [-0.05, 0) is 0 Å². The third-order valence-corrected chi connectivity index (χ3v) is 20.4. The molecule has 0 radical (unpaired) electrons. The zero-order valence-electron chi connectivity index (χ0n) is 18.6. The molecule has 0 saturated heterocycles. The average Bonchev–Trinajstić information content (AvgIpc) is 2.85. The van der Waals surface area contributed by atoms with E-state index in [-0.39, 0.29) is 5.90 Å². The van der Waals surface area contributed by atoms with Crippen molar-refractivity contribution in [3.8, 4) is 0 Å². The summed E-state index contributed by atoms with van der Waals surface area (Å²) in [6, 6.07) is 35.2. The molecule has 0 saturated carbocycles. The summed E-state index contributed by atoms with van der Waals surface area (Å²) < 4.78 is 42.9. The van der Waals surface area contributed by atoms with Crippen molar-refractivity contribution in [1.29, 1.82) is 0 Å². The molecule has 0 aliphatic rings. The minimum absolute atomic E-state index is 0.199. The Balaban J connectivity index is 2.09. The van der Waals surface area contributed by atoms with Crippen LogP contribution in [0.5, 0.6) is 0 Å². The molecule has 0 unspecified atom stereocenters. The van der Waals surface area contributed by atoms with Crippen LogP contribution >= 0.6 is 12.9 Å². The number of hydrogen-bond acceptors (Lipinski definition) is 5. The van der Waals surface area contributed by atoms with Crippen molar-refractivity contribution in [2.24, 2.45) is 0 Å². The van der Waals surface area contributed by atoms with E-state index >= 15 is 0 Å². The van der Waals surface area contributed by atoms with Crippen LogP contribution in [0.4, 0.5) is 0 Å². The molecule has 176 valence electrons. The van der Waals surface area contributed by atoms with E-state index in [4.69, 9.17) is 15.9 Å². The number of hydrogen-bond donors (Lipinski definition) is 0. The van der Waals surface area contributed by atoms with Gasteiger partial charge in [-0.25, -0.2) is 0 Å². The molecule has 0 amide bonds. The van der Waals surface area contributed by atoms with Crippen LogP contribution in [-0.4, -0.2) is 12.6 Å². The van der Waals surface area contributed by atoms with Crippen LogP contribution in [-0.2, 0) is 15.9 Å². The van der Waals surface area contributed by atoms with Crippen LogP contribution < -0.4 is 35.2 Å². The van der Waals surface area contributed by atoms with Gasteiger partial charge in [0.05, 0.1) is 0 Å². The summed E-state index contributed by atoms with van der Waals surface area (Å²) in [6.45, 7) is -2.38. The molecule has 4 rings (SSSR count). The van der Waals surface area contributed by atoms with Crippen molar-refractivity contribution in [3.63, 3.8) is 0 Å². The van der Waals surface area contributed by atoms with Gasteiger partial charge < -0.3 is 0 Å². The Bertz CT molecular complexity index is 1200.